The van der Waals surface area contributed by atoms with Gasteiger partial charge in [-0.3, -0.25) is 0 Å². The highest BCUT2D eigenvalue weighted by molar-refractivity contribution is 5.71. The zero-order valence-electron chi connectivity index (χ0n) is 8.18. The van der Waals surface area contributed by atoms with Crippen molar-refractivity contribution in [3.05, 3.63) is 30.6 Å². The summed E-state index contributed by atoms with van der Waals surface area (Å²) in [4.78, 5) is 0. The van der Waals surface area contributed by atoms with E-state index in [2.05, 4.69) is 0 Å². The highest BCUT2D eigenvalue weighted by atomic mass is 79.9. The molecular formula is C10H13BrN2O. The van der Waals surface area contributed by atoms with Crippen LogP contribution in [0.15, 0.2) is 30.6 Å². The smallest absolute Gasteiger partial charge is 0.246 e. The van der Waals surface area contributed by atoms with Crippen molar-refractivity contribution in [1.29, 1.82) is 0 Å². The van der Waals surface area contributed by atoms with Crippen molar-refractivity contribution in [2.24, 2.45) is 7.05 Å². The Hall–Kier alpha value is -0.870. The lowest BCUT2D eigenvalue weighted by Gasteiger charge is -1.98. The van der Waals surface area contributed by atoms with Gasteiger partial charge < -0.3 is 22.1 Å². The van der Waals surface area contributed by atoms with Crippen molar-refractivity contribution >= 4 is 11.0 Å². The molecule has 1 heterocycles. The van der Waals surface area contributed by atoms with Crippen molar-refractivity contribution < 1.29 is 26.7 Å². The number of aliphatic hydroxyl groups is 1. The number of rotatable bonds is 1. The van der Waals surface area contributed by atoms with Crippen LogP contribution in [0.2, 0.25) is 0 Å². The number of fused-ring (bicyclic) bond motifs is 1. The number of hydrogen-bond acceptors (Lipinski definition) is 1. The normalized spacial score (nSPS) is 12.5. The number of para-hydroxylation sites is 2. The van der Waals surface area contributed by atoms with E-state index in [9.17, 15) is 5.11 Å². The molecule has 1 aromatic carbocycles. The molecule has 1 atom stereocenters. The standard InChI is InChI=1S/C10H13N2O.BrH/c1-8(13)12-7-11(2)9-5-3-4-6-10(9)12;/h3-8,13H,1-2H3;1H/q+1;/p-1. The molecule has 0 aliphatic carbocycles. The molecule has 2 rings (SSSR count). The third-order valence-corrected chi connectivity index (χ3v) is 2.24. The largest absolute Gasteiger partial charge is 1.00 e. The highest BCUT2D eigenvalue weighted by Crippen LogP contribution is 2.13. The maximum Gasteiger partial charge on any atom is 0.246 e. The fourth-order valence-corrected chi connectivity index (χ4v) is 1.59. The molecule has 0 radical (unpaired) electrons. The van der Waals surface area contributed by atoms with Gasteiger partial charge in [0.15, 0.2) is 17.3 Å². The van der Waals surface area contributed by atoms with Crippen LogP contribution in [0, 0.1) is 0 Å². The summed E-state index contributed by atoms with van der Waals surface area (Å²) in [6.07, 6.45) is 1.42. The lowest BCUT2D eigenvalue weighted by Crippen LogP contribution is -3.00. The Kier molecular flexibility index (Phi) is 3.29. The average molecular weight is 257 g/mol. The van der Waals surface area contributed by atoms with Crippen LogP contribution in [0.3, 0.4) is 0 Å². The van der Waals surface area contributed by atoms with Crippen LogP contribution in [0.5, 0.6) is 0 Å². The molecule has 0 saturated heterocycles. The summed E-state index contributed by atoms with van der Waals surface area (Å²) in [5.41, 5.74) is 2.18. The van der Waals surface area contributed by atoms with E-state index in [1.54, 1.807) is 6.92 Å². The molecule has 0 amide bonds. The SMILES string of the molecule is CC(O)n1c[n+](C)c2ccccc21.[Br-]. The fourth-order valence-electron chi connectivity index (χ4n) is 1.59. The van der Waals surface area contributed by atoms with E-state index < -0.39 is 6.23 Å². The van der Waals surface area contributed by atoms with Crippen LogP contribution in [0.4, 0.5) is 0 Å². The van der Waals surface area contributed by atoms with E-state index in [4.69, 9.17) is 0 Å². The monoisotopic (exact) mass is 256 g/mol. The van der Waals surface area contributed by atoms with Gasteiger partial charge >= 0.3 is 0 Å². The van der Waals surface area contributed by atoms with Gasteiger partial charge in [0.05, 0.1) is 7.05 Å². The molecular weight excluding hydrogens is 244 g/mol. The van der Waals surface area contributed by atoms with Gasteiger partial charge in [-0.1, -0.05) is 12.1 Å². The van der Waals surface area contributed by atoms with Crippen molar-refractivity contribution in [1.82, 2.24) is 4.57 Å². The van der Waals surface area contributed by atoms with Gasteiger partial charge in [-0.25, -0.2) is 9.13 Å². The fraction of sp³-hybridized carbons (Fsp3) is 0.300. The van der Waals surface area contributed by atoms with E-state index in [1.807, 2.05) is 46.8 Å². The molecule has 3 nitrogen and oxygen atoms in total. The molecule has 0 bridgehead atoms. The number of aromatic nitrogens is 2. The minimum Gasteiger partial charge on any atom is -1.00 e. The Morgan fingerprint density at radius 1 is 1.36 bits per heavy atom. The molecule has 2 aromatic rings. The van der Waals surface area contributed by atoms with Gasteiger partial charge in [0.25, 0.3) is 0 Å². The second kappa shape index (κ2) is 4.11. The molecule has 1 unspecified atom stereocenters. The first kappa shape index (κ1) is 11.2. The van der Waals surface area contributed by atoms with Crippen molar-refractivity contribution in [2.45, 2.75) is 13.2 Å². The predicted octanol–water partition coefficient (Wildman–Crippen LogP) is -2.02. The van der Waals surface area contributed by atoms with Gasteiger partial charge in [-0.15, -0.1) is 0 Å². The number of hydrogen-bond donors (Lipinski definition) is 1. The number of halogens is 1. The molecule has 76 valence electrons. The van der Waals surface area contributed by atoms with E-state index in [0.29, 0.717) is 0 Å². The first-order valence-corrected chi connectivity index (χ1v) is 4.33. The summed E-state index contributed by atoms with van der Waals surface area (Å²) in [7, 11) is 1.97. The number of nitrogens with zero attached hydrogens (tertiary/aromatic N) is 2. The minimum absolute atomic E-state index is 0. The first-order valence-electron chi connectivity index (χ1n) is 4.33. The Labute approximate surface area is 93.4 Å². The van der Waals surface area contributed by atoms with Gasteiger partial charge in [0, 0.05) is 6.92 Å². The highest BCUT2D eigenvalue weighted by Gasteiger charge is 2.14. The van der Waals surface area contributed by atoms with Crippen LogP contribution < -0.4 is 21.5 Å². The van der Waals surface area contributed by atoms with Crippen molar-refractivity contribution in [2.75, 3.05) is 0 Å². The number of aliphatic hydroxyl groups excluding tert-OH is 1. The van der Waals surface area contributed by atoms with E-state index in [1.165, 1.54) is 0 Å². The van der Waals surface area contributed by atoms with Gasteiger partial charge in [0.1, 0.15) is 0 Å². The topological polar surface area (TPSA) is 29.0 Å². The van der Waals surface area contributed by atoms with Crippen molar-refractivity contribution in [3.8, 4) is 0 Å². The van der Waals surface area contributed by atoms with E-state index in [-0.39, 0.29) is 17.0 Å². The maximum absolute atomic E-state index is 9.48. The number of imidazole rings is 1. The summed E-state index contributed by atoms with van der Waals surface area (Å²) in [6, 6.07) is 8.01. The van der Waals surface area contributed by atoms with Gasteiger partial charge in [0.2, 0.25) is 6.33 Å². The Balaban J connectivity index is 0.000000980. The average Bonchev–Trinajstić information content (AvgIpc) is 2.45. The van der Waals surface area contributed by atoms with E-state index >= 15 is 0 Å². The second-order valence-corrected chi connectivity index (χ2v) is 3.25. The lowest BCUT2D eigenvalue weighted by molar-refractivity contribution is -0.646. The van der Waals surface area contributed by atoms with E-state index in [0.717, 1.165) is 11.0 Å². The molecule has 0 saturated carbocycles. The van der Waals surface area contributed by atoms with Crippen molar-refractivity contribution in [3.63, 3.8) is 0 Å². The molecule has 0 aliphatic rings. The molecule has 14 heavy (non-hydrogen) atoms. The number of benzene rings is 1. The van der Waals surface area contributed by atoms with Crippen LogP contribution in [-0.4, -0.2) is 9.67 Å². The molecule has 0 aliphatic heterocycles. The Bertz CT molecular complexity index is 437. The third-order valence-electron chi connectivity index (χ3n) is 2.24. The molecule has 0 spiro atoms. The quantitative estimate of drug-likeness (QED) is 0.587. The van der Waals surface area contributed by atoms with Crippen LogP contribution in [-0.2, 0) is 7.05 Å². The number of aryl methyl sites for hydroxylation is 1. The predicted molar refractivity (Wildman–Crippen MR) is 50.0 cm³/mol. The Morgan fingerprint density at radius 3 is 2.64 bits per heavy atom. The first-order chi connectivity index (χ1) is 6.20. The summed E-state index contributed by atoms with van der Waals surface area (Å²) >= 11 is 0. The summed E-state index contributed by atoms with van der Waals surface area (Å²) in [5, 5.41) is 9.48. The Morgan fingerprint density at radius 2 is 2.00 bits per heavy atom. The van der Waals surface area contributed by atoms with Crippen LogP contribution >= 0.6 is 0 Å². The lowest BCUT2D eigenvalue weighted by atomic mass is 10.3. The minimum atomic E-state index is -0.480. The summed E-state index contributed by atoms with van der Waals surface area (Å²) < 4.78 is 3.84. The third kappa shape index (κ3) is 1.67. The molecule has 0 fully saturated rings. The summed E-state index contributed by atoms with van der Waals surface area (Å²) in [5.74, 6) is 0. The second-order valence-electron chi connectivity index (χ2n) is 3.25. The maximum atomic E-state index is 9.48. The zero-order valence-corrected chi connectivity index (χ0v) is 9.77. The summed E-state index contributed by atoms with van der Waals surface area (Å²) in [6.45, 7) is 1.76. The molecule has 4 heteroatoms. The van der Waals surface area contributed by atoms with Gasteiger partial charge in [-0.2, -0.15) is 0 Å². The van der Waals surface area contributed by atoms with Crippen LogP contribution in [0.25, 0.3) is 11.0 Å². The van der Waals surface area contributed by atoms with Gasteiger partial charge in [-0.05, 0) is 12.1 Å². The zero-order chi connectivity index (χ0) is 9.42. The van der Waals surface area contributed by atoms with Crippen LogP contribution in [0.1, 0.15) is 13.2 Å². The molecule has 1 N–H and O–H groups in total. The molecule has 1 aromatic heterocycles.